The zero-order valence-electron chi connectivity index (χ0n) is 21.3. The smallest absolute Gasteiger partial charge is 0.389 e. The van der Waals surface area contributed by atoms with Crippen LogP contribution in [-0.2, 0) is 12.0 Å². The molecule has 0 radical (unpaired) electrons. The van der Waals surface area contributed by atoms with Crippen molar-refractivity contribution in [3.63, 3.8) is 0 Å². The van der Waals surface area contributed by atoms with Crippen molar-refractivity contribution in [2.24, 2.45) is 0 Å². The maximum atomic E-state index is 13.4. The van der Waals surface area contributed by atoms with Crippen LogP contribution in [0, 0.1) is 0 Å². The summed E-state index contributed by atoms with van der Waals surface area (Å²) in [5.74, 6) is -1.31. The second-order valence-electron chi connectivity index (χ2n) is 9.12. The second-order valence-corrected chi connectivity index (χ2v) is 10.1. The first-order valence-electron chi connectivity index (χ1n) is 11.6. The summed E-state index contributed by atoms with van der Waals surface area (Å²) in [4.78, 5) is 31.4. The summed E-state index contributed by atoms with van der Waals surface area (Å²) in [7, 11) is 0. The summed E-state index contributed by atoms with van der Waals surface area (Å²) >= 11 is 0.747. The van der Waals surface area contributed by atoms with Crippen LogP contribution in [0.15, 0.2) is 18.2 Å². The monoisotopic (exact) mass is 569 g/mol. The number of aliphatic hydroxyl groups is 2. The van der Waals surface area contributed by atoms with Crippen molar-refractivity contribution in [2.75, 3.05) is 19.6 Å². The Balaban J connectivity index is 2.74. The number of alkyl halides is 6. The standard InChI is InChI=1S/C24H29F6N3O4S/c1-6-13-11-14(22(37,23(25,26)27)24(28,29)30)9-10-15(13)17-16(18(34)31-7-2)32-19(38-17)20(35)33(8-3)12-21(4,5)36/h9-11,36-37H,6-8,12H2,1-5H3,(H,31,34). The van der Waals surface area contributed by atoms with E-state index in [1.165, 1.54) is 25.7 Å². The van der Waals surface area contributed by atoms with Gasteiger partial charge in [-0.1, -0.05) is 25.1 Å². The van der Waals surface area contributed by atoms with Crippen molar-refractivity contribution in [1.29, 1.82) is 0 Å². The van der Waals surface area contributed by atoms with Gasteiger partial charge in [0, 0.05) is 25.2 Å². The van der Waals surface area contributed by atoms with Crippen molar-refractivity contribution in [3.05, 3.63) is 40.0 Å². The zero-order chi connectivity index (χ0) is 29.3. The summed E-state index contributed by atoms with van der Waals surface area (Å²) in [5, 5.41) is 22.3. The molecule has 1 aromatic carbocycles. The molecule has 0 saturated heterocycles. The Morgan fingerprint density at radius 3 is 2.05 bits per heavy atom. The van der Waals surface area contributed by atoms with Gasteiger partial charge in [-0.2, -0.15) is 26.3 Å². The highest BCUT2D eigenvalue weighted by Gasteiger charge is 2.71. The van der Waals surface area contributed by atoms with Crippen LogP contribution in [0.25, 0.3) is 10.4 Å². The molecule has 0 atom stereocenters. The molecule has 0 aliphatic carbocycles. The van der Waals surface area contributed by atoms with Crippen molar-refractivity contribution >= 4 is 23.2 Å². The number of nitrogens with zero attached hydrogens (tertiary/aromatic N) is 2. The predicted molar refractivity (Wildman–Crippen MR) is 129 cm³/mol. The minimum absolute atomic E-state index is 0.0357. The lowest BCUT2D eigenvalue weighted by Gasteiger charge is -2.33. The molecular formula is C24H29F6N3O4S. The Labute approximate surface area is 219 Å². The Morgan fingerprint density at radius 1 is 1.03 bits per heavy atom. The fourth-order valence-corrected chi connectivity index (χ4v) is 4.83. The van der Waals surface area contributed by atoms with E-state index >= 15 is 0 Å². The minimum atomic E-state index is -6.06. The number of hydrogen-bond donors (Lipinski definition) is 3. The number of aromatic nitrogens is 1. The van der Waals surface area contributed by atoms with Crippen LogP contribution in [0.4, 0.5) is 26.3 Å². The maximum absolute atomic E-state index is 13.4. The second kappa shape index (κ2) is 11.2. The minimum Gasteiger partial charge on any atom is -0.389 e. The Morgan fingerprint density at radius 2 is 1.61 bits per heavy atom. The molecule has 0 saturated carbocycles. The lowest BCUT2D eigenvalue weighted by molar-refractivity contribution is -0.376. The van der Waals surface area contributed by atoms with E-state index in [1.807, 2.05) is 0 Å². The number of aryl methyl sites for hydroxylation is 1. The third kappa shape index (κ3) is 6.29. The van der Waals surface area contributed by atoms with Gasteiger partial charge in [-0.05, 0) is 45.2 Å². The molecule has 3 N–H and O–H groups in total. The van der Waals surface area contributed by atoms with Gasteiger partial charge in [-0.3, -0.25) is 9.59 Å². The summed E-state index contributed by atoms with van der Waals surface area (Å²) in [6.45, 7) is 8.07. The number of thiazole rings is 1. The molecule has 2 rings (SSSR count). The largest absolute Gasteiger partial charge is 0.430 e. The van der Waals surface area contributed by atoms with E-state index in [4.69, 9.17) is 0 Å². The first kappa shape index (κ1) is 31.5. The molecule has 38 heavy (non-hydrogen) atoms. The number of carbonyl (C=O) groups is 2. The van der Waals surface area contributed by atoms with Crippen LogP contribution < -0.4 is 5.32 Å². The van der Waals surface area contributed by atoms with E-state index in [1.54, 1.807) is 13.8 Å². The molecule has 0 aliphatic heterocycles. The third-order valence-corrected chi connectivity index (χ3v) is 6.65. The van der Waals surface area contributed by atoms with Gasteiger partial charge in [0.15, 0.2) is 5.01 Å². The van der Waals surface area contributed by atoms with Gasteiger partial charge in [-0.25, -0.2) is 4.98 Å². The van der Waals surface area contributed by atoms with Crippen molar-refractivity contribution < 1.29 is 46.1 Å². The number of likely N-dealkylation sites (N-methyl/N-ethyl adjacent to an activating group) is 1. The highest BCUT2D eigenvalue weighted by atomic mass is 32.1. The molecule has 2 aromatic rings. The van der Waals surface area contributed by atoms with Gasteiger partial charge in [0.25, 0.3) is 17.4 Å². The Bertz CT molecular complexity index is 1160. The highest BCUT2D eigenvalue weighted by Crippen LogP contribution is 2.50. The Hall–Kier alpha value is -2.71. The number of carbonyl (C=O) groups excluding carboxylic acids is 2. The molecule has 7 nitrogen and oxygen atoms in total. The van der Waals surface area contributed by atoms with Crippen LogP contribution >= 0.6 is 11.3 Å². The summed E-state index contributed by atoms with van der Waals surface area (Å²) in [5.41, 5.74) is -7.96. The van der Waals surface area contributed by atoms with Crippen molar-refractivity contribution in [2.45, 2.75) is 64.6 Å². The molecule has 1 heterocycles. The van der Waals surface area contributed by atoms with Crippen LogP contribution in [0.5, 0.6) is 0 Å². The van der Waals surface area contributed by atoms with Crippen molar-refractivity contribution in [3.8, 4) is 10.4 Å². The quantitative estimate of drug-likeness (QED) is 0.381. The fourth-order valence-electron chi connectivity index (χ4n) is 3.74. The molecule has 0 bridgehead atoms. The van der Waals surface area contributed by atoms with Gasteiger partial charge in [-0.15, -0.1) is 11.3 Å². The van der Waals surface area contributed by atoms with E-state index in [-0.39, 0.29) is 52.8 Å². The number of amides is 2. The number of hydrogen-bond acceptors (Lipinski definition) is 6. The lowest BCUT2D eigenvalue weighted by Crippen LogP contribution is -2.53. The number of nitrogens with one attached hydrogen (secondary N) is 1. The highest BCUT2D eigenvalue weighted by molar-refractivity contribution is 7.17. The van der Waals surface area contributed by atoms with Crippen molar-refractivity contribution in [1.82, 2.24) is 15.2 Å². The normalized spacial score (nSPS) is 13.0. The number of rotatable bonds is 9. The van der Waals surface area contributed by atoms with E-state index in [0.29, 0.717) is 12.1 Å². The molecule has 0 spiro atoms. The average Bonchev–Trinajstić information content (AvgIpc) is 3.24. The van der Waals surface area contributed by atoms with Crippen LogP contribution in [-0.4, -0.2) is 69.5 Å². The number of benzene rings is 1. The van der Waals surface area contributed by atoms with Gasteiger partial charge in [0.1, 0.15) is 5.69 Å². The maximum Gasteiger partial charge on any atom is 0.430 e. The van der Waals surface area contributed by atoms with Gasteiger partial charge < -0.3 is 20.4 Å². The first-order chi connectivity index (χ1) is 17.3. The Kier molecular flexibility index (Phi) is 9.27. The first-order valence-corrected chi connectivity index (χ1v) is 12.4. The molecular weight excluding hydrogens is 540 g/mol. The summed E-state index contributed by atoms with van der Waals surface area (Å²) in [6, 6.07) is 2.02. The van der Waals surface area contributed by atoms with E-state index in [2.05, 4.69) is 10.3 Å². The molecule has 0 fully saturated rings. The van der Waals surface area contributed by atoms with Crippen LogP contribution in [0.3, 0.4) is 0 Å². The number of halogens is 6. The summed E-state index contributed by atoms with van der Waals surface area (Å²) in [6.07, 6.45) is -12.2. The molecule has 0 unspecified atom stereocenters. The zero-order valence-corrected chi connectivity index (χ0v) is 22.2. The average molecular weight is 570 g/mol. The third-order valence-electron chi connectivity index (χ3n) is 5.58. The molecule has 212 valence electrons. The van der Waals surface area contributed by atoms with Gasteiger partial charge in [0.2, 0.25) is 0 Å². The molecule has 1 aromatic heterocycles. The summed E-state index contributed by atoms with van der Waals surface area (Å²) < 4.78 is 80.6. The molecule has 2 amide bonds. The van der Waals surface area contributed by atoms with Crippen LogP contribution in [0.2, 0.25) is 0 Å². The topological polar surface area (TPSA) is 103 Å². The lowest BCUT2D eigenvalue weighted by atomic mass is 9.88. The van der Waals surface area contributed by atoms with Crippen LogP contribution in [0.1, 0.15) is 66.0 Å². The molecule has 0 aliphatic rings. The van der Waals surface area contributed by atoms with E-state index in [9.17, 15) is 46.1 Å². The van der Waals surface area contributed by atoms with Gasteiger partial charge >= 0.3 is 12.4 Å². The van der Waals surface area contributed by atoms with Gasteiger partial charge in [0.05, 0.1) is 10.5 Å². The predicted octanol–water partition coefficient (Wildman–Crippen LogP) is 4.67. The SMILES string of the molecule is CCNC(=O)c1nc(C(=O)N(CC)CC(C)(C)O)sc1-c1ccc(C(O)(C(F)(F)F)C(F)(F)F)cc1CC. The van der Waals surface area contributed by atoms with E-state index < -0.39 is 40.9 Å². The molecule has 14 heteroatoms. The fraction of sp³-hybridized carbons (Fsp3) is 0.542. The van der Waals surface area contributed by atoms with E-state index in [0.717, 1.165) is 17.4 Å².